The lowest BCUT2D eigenvalue weighted by Crippen LogP contribution is -2.00. The third-order valence-corrected chi connectivity index (χ3v) is 3.42. The first-order chi connectivity index (χ1) is 8.58. The maximum atomic E-state index is 12.9. The molecular weight excluding hydrogens is 321 g/mol. The van der Waals surface area contributed by atoms with Crippen LogP contribution in [-0.2, 0) is 6.61 Å². The van der Waals surface area contributed by atoms with Crippen LogP contribution in [-0.4, -0.2) is 0 Å². The van der Waals surface area contributed by atoms with Crippen molar-refractivity contribution in [2.24, 2.45) is 0 Å². The Kier molecular flexibility index (Phi) is 4.09. The maximum Gasteiger partial charge on any atom is 0.161 e. The Bertz CT molecular complexity index is 557. The number of rotatable bonds is 3. The zero-order valence-corrected chi connectivity index (χ0v) is 11.6. The summed E-state index contributed by atoms with van der Waals surface area (Å²) in [4.78, 5) is 0. The molecule has 0 amide bonds. The molecule has 2 aromatic carbocycles. The van der Waals surface area contributed by atoms with Crippen LogP contribution in [0.3, 0.4) is 0 Å². The average Bonchev–Trinajstić information content (AvgIpc) is 2.31. The van der Waals surface area contributed by atoms with Gasteiger partial charge in [-0.05, 0) is 24.3 Å². The Labute approximate surface area is 118 Å². The number of hydrogen-bond acceptors (Lipinski definition) is 2. The van der Waals surface area contributed by atoms with E-state index in [0.29, 0.717) is 20.9 Å². The molecule has 0 fully saturated rings. The number of ether oxygens (including phenoxy) is 1. The van der Waals surface area contributed by atoms with Crippen molar-refractivity contribution in [3.05, 3.63) is 57.3 Å². The van der Waals surface area contributed by atoms with Gasteiger partial charge in [-0.3, -0.25) is 0 Å². The van der Waals surface area contributed by atoms with E-state index in [1.54, 1.807) is 24.3 Å². The number of hydrogen-bond donors (Lipinski definition) is 1. The third-order valence-electron chi connectivity index (χ3n) is 2.38. The van der Waals surface area contributed by atoms with Gasteiger partial charge < -0.3 is 10.5 Å². The van der Waals surface area contributed by atoms with Crippen LogP contribution < -0.4 is 10.5 Å². The standard InChI is InChI=1S/C13H10BrClFNO/c14-10-6-9(16)5-4-8(10)7-18-13-11(15)2-1-3-12(13)17/h1-6H,7,17H2. The molecule has 0 heterocycles. The topological polar surface area (TPSA) is 35.2 Å². The van der Waals surface area contributed by atoms with Crippen molar-refractivity contribution in [2.75, 3.05) is 5.73 Å². The number of halogens is 3. The predicted octanol–water partition coefficient (Wildman–Crippen LogP) is 4.40. The molecule has 2 nitrogen and oxygen atoms in total. The first kappa shape index (κ1) is 13.2. The second kappa shape index (κ2) is 5.59. The van der Waals surface area contributed by atoms with Crippen LogP contribution in [0, 0.1) is 5.82 Å². The molecule has 0 aliphatic rings. The van der Waals surface area contributed by atoms with E-state index in [1.807, 2.05) is 0 Å². The highest BCUT2D eigenvalue weighted by Crippen LogP contribution is 2.31. The van der Waals surface area contributed by atoms with Gasteiger partial charge in [-0.1, -0.05) is 39.7 Å². The van der Waals surface area contributed by atoms with E-state index in [-0.39, 0.29) is 12.4 Å². The Morgan fingerprint density at radius 3 is 2.72 bits per heavy atom. The second-order valence-corrected chi connectivity index (χ2v) is 4.94. The highest BCUT2D eigenvalue weighted by molar-refractivity contribution is 9.10. The van der Waals surface area contributed by atoms with Gasteiger partial charge in [0.25, 0.3) is 0 Å². The van der Waals surface area contributed by atoms with E-state index in [4.69, 9.17) is 22.1 Å². The molecule has 5 heteroatoms. The van der Waals surface area contributed by atoms with Crippen molar-refractivity contribution in [2.45, 2.75) is 6.61 Å². The first-order valence-corrected chi connectivity index (χ1v) is 6.35. The minimum absolute atomic E-state index is 0.259. The normalized spacial score (nSPS) is 10.4. The molecule has 0 atom stereocenters. The van der Waals surface area contributed by atoms with Gasteiger partial charge in [0.1, 0.15) is 12.4 Å². The molecule has 0 saturated heterocycles. The van der Waals surface area contributed by atoms with Crippen LogP contribution in [0.15, 0.2) is 40.9 Å². The highest BCUT2D eigenvalue weighted by Gasteiger charge is 2.08. The molecule has 18 heavy (non-hydrogen) atoms. The predicted molar refractivity (Wildman–Crippen MR) is 74.3 cm³/mol. The van der Waals surface area contributed by atoms with Crippen molar-refractivity contribution in [1.82, 2.24) is 0 Å². The SMILES string of the molecule is Nc1cccc(Cl)c1OCc1ccc(F)cc1Br. The fourth-order valence-corrected chi connectivity index (χ4v) is 2.17. The van der Waals surface area contributed by atoms with Gasteiger partial charge in [0.2, 0.25) is 0 Å². The van der Waals surface area contributed by atoms with Gasteiger partial charge in [-0.2, -0.15) is 0 Å². The number of anilines is 1. The van der Waals surface area contributed by atoms with Crippen LogP contribution in [0.5, 0.6) is 5.75 Å². The minimum Gasteiger partial charge on any atom is -0.485 e. The van der Waals surface area contributed by atoms with Gasteiger partial charge in [0, 0.05) is 10.0 Å². The Morgan fingerprint density at radius 1 is 1.28 bits per heavy atom. The van der Waals surface area contributed by atoms with Crippen LogP contribution in [0.2, 0.25) is 5.02 Å². The van der Waals surface area contributed by atoms with E-state index in [1.165, 1.54) is 12.1 Å². The van der Waals surface area contributed by atoms with Gasteiger partial charge in [0.15, 0.2) is 5.75 Å². The van der Waals surface area contributed by atoms with Crippen LogP contribution >= 0.6 is 27.5 Å². The van der Waals surface area contributed by atoms with Crippen LogP contribution in [0.4, 0.5) is 10.1 Å². The fourth-order valence-electron chi connectivity index (χ4n) is 1.47. The molecule has 0 unspecified atom stereocenters. The summed E-state index contributed by atoms with van der Waals surface area (Å²) in [6.07, 6.45) is 0. The van der Waals surface area contributed by atoms with E-state index < -0.39 is 0 Å². The van der Waals surface area contributed by atoms with Gasteiger partial charge >= 0.3 is 0 Å². The lowest BCUT2D eigenvalue weighted by molar-refractivity contribution is 0.307. The highest BCUT2D eigenvalue weighted by atomic mass is 79.9. The maximum absolute atomic E-state index is 12.9. The number of nitrogens with two attached hydrogens (primary N) is 1. The van der Waals surface area contributed by atoms with Crippen molar-refractivity contribution in [3.8, 4) is 5.75 Å². The van der Waals surface area contributed by atoms with Gasteiger partial charge in [0.05, 0.1) is 10.7 Å². The summed E-state index contributed by atoms with van der Waals surface area (Å²) < 4.78 is 19.1. The molecule has 0 radical (unpaired) electrons. The lowest BCUT2D eigenvalue weighted by Gasteiger charge is -2.11. The quantitative estimate of drug-likeness (QED) is 0.846. The summed E-state index contributed by atoms with van der Waals surface area (Å²) in [7, 11) is 0. The Morgan fingerprint density at radius 2 is 2.06 bits per heavy atom. The number of benzene rings is 2. The molecule has 94 valence electrons. The van der Waals surface area contributed by atoms with E-state index >= 15 is 0 Å². The zero-order chi connectivity index (χ0) is 13.1. The molecule has 0 aliphatic heterocycles. The average molecular weight is 331 g/mol. The minimum atomic E-state index is -0.303. The molecule has 2 aromatic rings. The summed E-state index contributed by atoms with van der Waals surface area (Å²) in [6, 6.07) is 9.56. The van der Waals surface area contributed by atoms with Crippen molar-refractivity contribution in [3.63, 3.8) is 0 Å². The van der Waals surface area contributed by atoms with Crippen molar-refractivity contribution >= 4 is 33.2 Å². The van der Waals surface area contributed by atoms with Crippen LogP contribution in [0.1, 0.15) is 5.56 Å². The summed E-state index contributed by atoms with van der Waals surface area (Å²) in [5.74, 6) is 0.137. The zero-order valence-electron chi connectivity index (χ0n) is 9.29. The first-order valence-electron chi connectivity index (χ1n) is 5.18. The van der Waals surface area contributed by atoms with E-state index in [9.17, 15) is 4.39 Å². The third kappa shape index (κ3) is 2.94. The molecule has 0 spiro atoms. The molecular formula is C13H10BrClFNO. The molecule has 2 rings (SSSR count). The molecule has 0 saturated carbocycles. The monoisotopic (exact) mass is 329 g/mol. The fraction of sp³-hybridized carbons (Fsp3) is 0.0769. The largest absolute Gasteiger partial charge is 0.485 e. The Balaban J connectivity index is 2.16. The van der Waals surface area contributed by atoms with Gasteiger partial charge in [-0.25, -0.2) is 4.39 Å². The van der Waals surface area contributed by atoms with Gasteiger partial charge in [-0.15, -0.1) is 0 Å². The number of para-hydroxylation sites is 1. The summed E-state index contributed by atoms with van der Waals surface area (Å²) in [5, 5.41) is 0.452. The molecule has 0 bridgehead atoms. The summed E-state index contributed by atoms with van der Waals surface area (Å²) in [5.41, 5.74) is 7.05. The second-order valence-electron chi connectivity index (χ2n) is 3.68. The molecule has 2 N–H and O–H groups in total. The summed E-state index contributed by atoms with van der Waals surface area (Å²) >= 11 is 9.26. The van der Waals surface area contributed by atoms with Crippen molar-refractivity contribution in [1.29, 1.82) is 0 Å². The van der Waals surface area contributed by atoms with E-state index in [2.05, 4.69) is 15.9 Å². The number of nitrogen functional groups attached to an aromatic ring is 1. The lowest BCUT2D eigenvalue weighted by atomic mass is 10.2. The van der Waals surface area contributed by atoms with E-state index in [0.717, 1.165) is 5.56 Å². The van der Waals surface area contributed by atoms with Crippen molar-refractivity contribution < 1.29 is 9.13 Å². The molecule has 0 aromatic heterocycles. The Hall–Kier alpha value is -1.26. The van der Waals surface area contributed by atoms with Crippen LogP contribution in [0.25, 0.3) is 0 Å². The smallest absolute Gasteiger partial charge is 0.161 e. The summed E-state index contributed by atoms with van der Waals surface area (Å²) in [6.45, 7) is 0.259. The molecule has 0 aliphatic carbocycles.